The van der Waals surface area contributed by atoms with Gasteiger partial charge in [0.2, 0.25) is 0 Å². The molecule has 0 aliphatic carbocycles. The average Bonchev–Trinajstić information content (AvgIpc) is 3.58. The van der Waals surface area contributed by atoms with Gasteiger partial charge in [0.15, 0.2) is 0 Å². The fourth-order valence-corrected chi connectivity index (χ4v) is 2.39. The molecule has 4 unspecified atom stereocenters. The molecule has 0 aromatic heterocycles. The molecule has 5 rings (SSSR count). The number of epoxide rings is 4. The van der Waals surface area contributed by atoms with Crippen molar-refractivity contribution >= 4 is 11.4 Å². The van der Waals surface area contributed by atoms with Gasteiger partial charge >= 0.3 is 0 Å². The van der Waals surface area contributed by atoms with Gasteiger partial charge in [-0.3, -0.25) is 0 Å². The molecule has 4 aliphatic heterocycles. The molecule has 0 spiro atoms. The first-order valence-corrected chi connectivity index (χ1v) is 9.52. The molecule has 10 heteroatoms. The minimum absolute atomic E-state index is 0.0954. The van der Waals surface area contributed by atoms with Crippen molar-refractivity contribution in [2.45, 2.75) is 24.4 Å². The molecule has 4 fully saturated rings. The smallest absolute Gasteiger partial charge is 0.123 e. The molecule has 4 heterocycles. The summed E-state index contributed by atoms with van der Waals surface area (Å²) in [5.41, 5.74) is 1.30. The van der Waals surface area contributed by atoms with E-state index in [1.54, 1.807) is 0 Å². The molecule has 0 amide bonds. The fraction of sp³-hybridized carbons (Fsp3) is 0.667. The highest BCUT2D eigenvalue weighted by Crippen LogP contribution is 2.32. The second-order valence-corrected chi connectivity index (χ2v) is 7.01. The molecule has 1 aromatic carbocycles. The van der Waals surface area contributed by atoms with Crippen molar-refractivity contribution in [3.05, 3.63) is 24.3 Å². The van der Waals surface area contributed by atoms with Crippen LogP contribution >= 0.6 is 0 Å². The van der Waals surface area contributed by atoms with Crippen molar-refractivity contribution < 1.29 is 38.3 Å². The van der Waals surface area contributed by atoms with Crippen molar-refractivity contribution in [3.8, 4) is 0 Å². The molecule has 154 valence electrons. The monoisotopic (exact) mass is 396 g/mol. The zero-order valence-electron chi connectivity index (χ0n) is 15.4. The summed E-state index contributed by atoms with van der Waals surface area (Å²) in [4.78, 5) is 23.4. The van der Waals surface area contributed by atoms with Crippen molar-refractivity contribution in [2.75, 3.05) is 63.3 Å². The predicted octanol–water partition coefficient (Wildman–Crippen LogP) is 0.621. The third-order valence-electron chi connectivity index (χ3n) is 4.40. The summed E-state index contributed by atoms with van der Waals surface area (Å²) in [7, 11) is 0. The largest absolute Gasteiger partial charge is 0.371 e. The van der Waals surface area contributed by atoms with E-state index in [1.807, 2.05) is 24.3 Å². The topological polar surface area (TPSA) is 93.5 Å². The van der Waals surface area contributed by atoms with Gasteiger partial charge in [0.25, 0.3) is 0 Å². The van der Waals surface area contributed by atoms with Crippen molar-refractivity contribution in [2.24, 2.45) is 0 Å². The Labute approximate surface area is 162 Å². The lowest BCUT2D eigenvalue weighted by Crippen LogP contribution is -2.32. The van der Waals surface area contributed by atoms with E-state index >= 15 is 0 Å². The first kappa shape index (κ1) is 18.5. The number of hydrogen-bond donors (Lipinski definition) is 0. The van der Waals surface area contributed by atoms with Crippen molar-refractivity contribution in [1.82, 2.24) is 0 Å². The average molecular weight is 396 g/mol. The van der Waals surface area contributed by atoms with Gasteiger partial charge in [-0.2, -0.15) is 0 Å². The van der Waals surface area contributed by atoms with E-state index in [0.29, 0.717) is 64.2 Å². The molecule has 0 saturated carbocycles. The maximum atomic E-state index is 5.84. The second kappa shape index (κ2) is 8.47. The molecule has 4 aliphatic rings. The van der Waals surface area contributed by atoms with Crippen molar-refractivity contribution in [1.29, 1.82) is 0 Å². The highest BCUT2D eigenvalue weighted by atomic mass is 17.0. The lowest BCUT2D eigenvalue weighted by atomic mass is 10.3. The van der Waals surface area contributed by atoms with Gasteiger partial charge in [0.1, 0.15) is 62.2 Å². The van der Waals surface area contributed by atoms with E-state index in [-0.39, 0.29) is 24.4 Å². The van der Waals surface area contributed by atoms with Gasteiger partial charge in [-0.25, -0.2) is 19.4 Å². The molecule has 4 atom stereocenters. The van der Waals surface area contributed by atoms with E-state index in [1.165, 1.54) is 10.5 Å². The Hall–Kier alpha value is -1.50. The zero-order valence-corrected chi connectivity index (χ0v) is 15.4. The maximum absolute atomic E-state index is 5.84. The number of anilines is 2. The molecule has 1 aromatic rings. The standard InChI is InChI=1S/C18H24N2O8/c1-2-4-18(20(27-11-15-7-23-15)28-12-16-8-24-16)17(3-1)19(25-9-13-5-21-13)26-10-14-6-22-14/h1-4,13-16H,5-12H2. The van der Waals surface area contributed by atoms with Gasteiger partial charge < -0.3 is 18.9 Å². The minimum atomic E-state index is 0.0954. The second-order valence-electron chi connectivity index (χ2n) is 7.01. The Kier molecular flexibility index (Phi) is 5.61. The number of rotatable bonds is 14. The van der Waals surface area contributed by atoms with Crippen LogP contribution in [0.25, 0.3) is 0 Å². The van der Waals surface area contributed by atoms with Crippen LogP contribution in [-0.2, 0) is 38.3 Å². The Balaban J connectivity index is 1.31. The first-order valence-electron chi connectivity index (χ1n) is 9.52. The van der Waals surface area contributed by atoms with E-state index in [0.717, 1.165) is 0 Å². The summed E-state index contributed by atoms with van der Waals surface area (Å²) in [6, 6.07) is 7.54. The Bertz CT molecular complexity index is 561. The maximum Gasteiger partial charge on any atom is 0.123 e. The highest BCUT2D eigenvalue weighted by Gasteiger charge is 2.31. The summed E-state index contributed by atoms with van der Waals surface area (Å²) in [6.07, 6.45) is 0.382. The Morgan fingerprint density at radius 2 is 0.893 bits per heavy atom. The van der Waals surface area contributed by atoms with E-state index in [9.17, 15) is 0 Å². The van der Waals surface area contributed by atoms with Crippen LogP contribution in [0.15, 0.2) is 24.3 Å². The Morgan fingerprint density at radius 3 is 1.14 bits per heavy atom. The van der Waals surface area contributed by atoms with Crippen LogP contribution in [0.2, 0.25) is 0 Å². The van der Waals surface area contributed by atoms with E-state index in [2.05, 4.69) is 0 Å². The van der Waals surface area contributed by atoms with Gasteiger partial charge in [-0.15, -0.1) is 10.5 Å². The minimum Gasteiger partial charge on any atom is -0.371 e. The van der Waals surface area contributed by atoms with Crippen LogP contribution in [0.3, 0.4) is 0 Å². The van der Waals surface area contributed by atoms with Crippen LogP contribution in [-0.4, -0.2) is 77.3 Å². The van der Waals surface area contributed by atoms with Crippen LogP contribution < -0.4 is 10.5 Å². The summed E-state index contributed by atoms with van der Waals surface area (Å²) >= 11 is 0. The molecule has 28 heavy (non-hydrogen) atoms. The number of para-hydroxylation sites is 2. The van der Waals surface area contributed by atoms with Crippen LogP contribution in [0, 0.1) is 0 Å². The molecular formula is C18H24N2O8. The predicted molar refractivity (Wildman–Crippen MR) is 94.2 cm³/mol. The summed E-state index contributed by atoms with van der Waals surface area (Å²) in [5, 5.41) is 2.78. The fourth-order valence-electron chi connectivity index (χ4n) is 2.39. The van der Waals surface area contributed by atoms with E-state index < -0.39 is 0 Å². The van der Waals surface area contributed by atoms with Crippen LogP contribution in [0.5, 0.6) is 0 Å². The Morgan fingerprint density at radius 1 is 0.607 bits per heavy atom. The molecule has 0 N–H and O–H groups in total. The number of ether oxygens (including phenoxy) is 4. The zero-order chi connectivity index (χ0) is 18.8. The first-order chi connectivity index (χ1) is 13.8. The summed E-state index contributed by atoms with van der Waals surface area (Å²) < 4.78 is 20.9. The van der Waals surface area contributed by atoms with Gasteiger partial charge in [0.05, 0.1) is 26.4 Å². The van der Waals surface area contributed by atoms with Crippen molar-refractivity contribution in [3.63, 3.8) is 0 Å². The van der Waals surface area contributed by atoms with Crippen LogP contribution in [0.1, 0.15) is 0 Å². The van der Waals surface area contributed by atoms with Gasteiger partial charge in [0, 0.05) is 0 Å². The molecule has 10 nitrogen and oxygen atoms in total. The number of nitrogens with zero attached hydrogens (tertiary/aromatic N) is 2. The highest BCUT2D eigenvalue weighted by molar-refractivity contribution is 5.67. The molecule has 0 radical (unpaired) electrons. The molecule has 4 saturated heterocycles. The number of benzene rings is 1. The summed E-state index contributed by atoms with van der Waals surface area (Å²) in [6.45, 7) is 4.37. The third kappa shape index (κ3) is 5.52. The normalized spacial score (nSPS) is 29.4. The van der Waals surface area contributed by atoms with Crippen LogP contribution in [0.4, 0.5) is 11.4 Å². The van der Waals surface area contributed by atoms with Gasteiger partial charge in [-0.05, 0) is 12.1 Å². The summed E-state index contributed by atoms with van der Waals surface area (Å²) in [5.74, 6) is 0. The van der Waals surface area contributed by atoms with Gasteiger partial charge in [-0.1, -0.05) is 12.1 Å². The molecule has 0 bridgehead atoms. The quantitative estimate of drug-likeness (QED) is 0.329. The lowest BCUT2D eigenvalue weighted by Gasteiger charge is -2.28. The third-order valence-corrected chi connectivity index (χ3v) is 4.40. The SMILES string of the molecule is c1ccc(N(OCC2CO2)OCC2CO2)c(N(OCC2CO2)OCC2CO2)c1. The lowest BCUT2D eigenvalue weighted by molar-refractivity contribution is -0.106. The molecular weight excluding hydrogens is 372 g/mol. The van der Waals surface area contributed by atoms with E-state index in [4.69, 9.17) is 38.3 Å². The number of hydrogen-bond acceptors (Lipinski definition) is 10.